The van der Waals surface area contributed by atoms with Gasteiger partial charge in [-0.15, -0.1) is 0 Å². The Morgan fingerprint density at radius 3 is 2.38 bits per heavy atom. The number of carbonyl (C=O) groups is 4. The molecular weight excluding hydrogens is 318 g/mol. The van der Waals surface area contributed by atoms with Crippen LogP contribution >= 0.6 is 0 Å². The molecular formula is C15H25N3O6. The Kier molecular flexibility index (Phi) is 7.15. The third-order valence-corrected chi connectivity index (χ3v) is 4.10. The summed E-state index contributed by atoms with van der Waals surface area (Å²) < 4.78 is 0. The van der Waals surface area contributed by atoms with Gasteiger partial charge >= 0.3 is 11.9 Å². The van der Waals surface area contributed by atoms with Crippen LogP contribution in [0.1, 0.15) is 39.5 Å². The van der Waals surface area contributed by atoms with Gasteiger partial charge in [-0.1, -0.05) is 13.8 Å². The second-order valence-corrected chi connectivity index (χ2v) is 6.29. The van der Waals surface area contributed by atoms with Crippen molar-refractivity contribution in [3.05, 3.63) is 0 Å². The van der Waals surface area contributed by atoms with Crippen LogP contribution in [0, 0.1) is 5.92 Å². The molecule has 0 aliphatic carbocycles. The maximum Gasteiger partial charge on any atom is 0.326 e. The number of carbonyl (C=O) groups excluding carboxylic acids is 2. The predicted octanol–water partition coefficient (Wildman–Crippen LogP) is -0.605. The van der Waals surface area contributed by atoms with E-state index in [1.807, 2.05) is 0 Å². The average Bonchev–Trinajstić information content (AvgIpc) is 2.98. The van der Waals surface area contributed by atoms with Crippen LogP contribution in [0.4, 0.5) is 0 Å². The minimum atomic E-state index is -1.31. The number of nitrogens with zero attached hydrogens (tertiary/aromatic N) is 1. The molecule has 9 nitrogen and oxygen atoms in total. The molecule has 24 heavy (non-hydrogen) atoms. The van der Waals surface area contributed by atoms with Crippen LogP contribution in [0.25, 0.3) is 0 Å². The van der Waals surface area contributed by atoms with E-state index < -0.39 is 36.0 Å². The molecule has 0 radical (unpaired) electrons. The minimum Gasteiger partial charge on any atom is -0.481 e. The lowest BCUT2D eigenvalue weighted by atomic mass is 10.0. The van der Waals surface area contributed by atoms with Gasteiger partial charge in [-0.3, -0.25) is 14.4 Å². The Labute approximate surface area is 140 Å². The fourth-order valence-electron chi connectivity index (χ4n) is 2.57. The van der Waals surface area contributed by atoms with Crippen LogP contribution in [-0.4, -0.2) is 63.5 Å². The fraction of sp³-hybridized carbons (Fsp3) is 0.733. The number of rotatable bonds is 8. The topological polar surface area (TPSA) is 150 Å². The molecule has 1 aliphatic heterocycles. The van der Waals surface area contributed by atoms with Crippen LogP contribution in [0.15, 0.2) is 0 Å². The number of carboxylic acid groups (broad SMARTS) is 2. The lowest BCUT2D eigenvalue weighted by Crippen LogP contribution is -2.54. The second kappa shape index (κ2) is 8.62. The zero-order valence-corrected chi connectivity index (χ0v) is 13.9. The zero-order chi connectivity index (χ0) is 18.4. The van der Waals surface area contributed by atoms with Crippen molar-refractivity contribution in [2.75, 3.05) is 6.54 Å². The van der Waals surface area contributed by atoms with Gasteiger partial charge in [-0.25, -0.2) is 4.79 Å². The van der Waals surface area contributed by atoms with Crippen molar-refractivity contribution in [3.8, 4) is 0 Å². The number of hydrogen-bond donors (Lipinski definition) is 4. The summed E-state index contributed by atoms with van der Waals surface area (Å²) in [4.78, 5) is 47.8. The summed E-state index contributed by atoms with van der Waals surface area (Å²) in [5, 5.41) is 20.1. The highest BCUT2D eigenvalue weighted by atomic mass is 16.4. The van der Waals surface area contributed by atoms with Crippen molar-refractivity contribution >= 4 is 23.8 Å². The molecule has 9 heteroatoms. The van der Waals surface area contributed by atoms with Crippen LogP contribution in [-0.2, 0) is 19.2 Å². The summed E-state index contributed by atoms with van der Waals surface area (Å²) in [5.74, 6) is -3.45. The van der Waals surface area contributed by atoms with Crippen molar-refractivity contribution in [2.24, 2.45) is 11.7 Å². The molecule has 0 saturated carbocycles. The van der Waals surface area contributed by atoms with Crippen molar-refractivity contribution in [3.63, 3.8) is 0 Å². The highest BCUT2D eigenvalue weighted by molar-refractivity contribution is 5.92. The van der Waals surface area contributed by atoms with E-state index >= 15 is 0 Å². The second-order valence-electron chi connectivity index (χ2n) is 6.29. The smallest absolute Gasteiger partial charge is 0.326 e. The fourth-order valence-corrected chi connectivity index (χ4v) is 2.57. The molecule has 0 aromatic carbocycles. The van der Waals surface area contributed by atoms with Crippen LogP contribution in [0.3, 0.4) is 0 Å². The quantitative estimate of drug-likeness (QED) is 0.459. The van der Waals surface area contributed by atoms with Crippen molar-refractivity contribution in [1.82, 2.24) is 10.2 Å². The van der Waals surface area contributed by atoms with Crippen LogP contribution in [0.2, 0.25) is 0 Å². The van der Waals surface area contributed by atoms with Crippen molar-refractivity contribution in [1.29, 1.82) is 0 Å². The Balaban J connectivity index is 2.75. The van der Waals surface area contributed by atoms with E-state index in [9.17, 15) is 19.2 Å². The lowest BCUT2D eigenvalue weighted by molar-refractivity contribution is -0.145. The third-order valence-electron chi connectivity index (χ3n) is 4.10. The van der Waals surface area contributed by atoms with Gasteiger partial charge in [0.25, 0.3) is 0 Å². The molecule has 1 heterocycles. The van der Waals surface area contributed by atoms with Crippen molar-refractivity contribution in [2.45, 2.75) is 57.7 Å². The molecule has 1 rings (SSSR count). The van der Waals surface area contributed by atoms with Gasteiger partial charge in [-0.2, -0.15) is 0 Å². The Morgan fingerprint density at radius 2 is 1.88 bits per heavy atom. The number of carboxylic acids is 2. The molecule has 136 valence electrons. The first-order chi connectivity index (χ1) is 11.1. The van der Waals surface area contributed by atoms with Gasteiger partial charge in [0.2, 0.25) is 11.8 Å². The Morgan fingerprint density at radius 1 is 1.25 bits per heavy atom. The summed E-state index contributed by atoms with van der Waals surface area (Å²) in [6.45, 7) is 4.00. The van der Waals surface area contributed by atoms with E-state index in [1.165, 1.54) is 4.90 Å². The van der Waals surface area contributed by atoms with E-state index in [0.717, 1.165) is 0 Å². The van der Waals surface area contributed by atoms with Gasteiger partial charge < -0.3 is 26.2 Å². The van der Waals surface area contributed by atoms with Crippen LogP contribution in [0.5, 0.6) is 0 Å². The third kappa shape index (κ3) is 5.19. The summed E-state index contributed by atoms with van der Waals surface area (Å²) >= 11 is 0. The largest absolute Gasteiger partial charge is 0.481 e. The monoisotopic (exact) mass is 343 g/mol. The van der Waals surface area contributed by atoms with Gasteiger partial charge in [0.05, 0.1) is 6.04 Å². The van der Waals surface area contributed by atoms with E-state index in [-0.39, 0.29) is 24.7 Å². The number of nitrogens with two attached hydrogens (primary N) is 1. The summed E-state index contributed by atoms with van der Waals surface area (Å²) in [7, 11) is 0. The Hall–Kier alpha value is -2.16. The molecule has 0 spiro atoms. The highest BCUT2D eigenvalue weighted by Gasteiger charge is 2.38. The van der Waals surface area contributed by atoms with Crippen LogP contribution < -0.4 is 11.1 Å². The molecule has 1 aliphatic rings. The SMILES string of the molecule is CC(C)C(N)C(=O)N1CCCC1C(=O)NC(CCC(=O)O)C(=O)O. The van der Waals surface area contributed by atoms with Crippen molar-refractivity contribution < 1.29 is 29.4 Å². The van der Waals surface area contributed by atoms with Gasteiger partial charge in [-0.05, 0) is 25.2 Å². The number of likely N-dealkylation sites (tertiary alicyclic amines) is 1. The van der Waals surface area contributed by atoms with E-state index in [4.69, 9.17) is 15.9 Å². The molecule has 1 fully saturated rings. The molecule has 3 unspecified atom stereocenters. The van der Waals surface area contributed by atoms with E-state index in [0.29, 0.717) is 19.4 Å². The van der Waals surface area contributed by atoms with E-state index in [1.54, 1.807) is 13.8 Å². The maximum atomic E-state index is 12.4. The summed E-state index contributed by atoms with van der Waals surface area (Å²) in [6, 6.07) is -2.79. The first-order valence-electron chi connectivity index (χ1n) is 7.96. The number of amides is 2. The predicted molar refractivity (Wildman–Crippen MR) is 84.0 cm³/mol. The zero-order valence-electron chi connectivity index (χ0n) is 13.9. The summed E-state index contributed by atoms with van der Waals surface area (Å²) in [5.41, 5.74) is 5.85. The molecule has 1 saturated heterocycles. The summed E-state index contributed by atoms with van der Waals surface area (Å²) in [6.07, 6.45) is 0.459. The Bertz CT molecular complexity index is 507. The molecule has 5 N–H and O–H groups in total. The highest BCUT2D eigenvalue weighted by Crippen LogP contribution is 2.20. The normalized spacial score (nSPS) is 19.8. The van der Waals surface area contributed by atoms with E-state index in [2.05, 4.69) is 5.32 Å². The number of hydrogen-bond acceptors (Lipinski definition) is 5. The molecule has 2 amide bonds. The first kappa shape index (κ1) is 19.9. The molecule has 0 aromatic heterocycles. The lowest BCUT2D eigenvalue weighted by Gasteiger charge is -2.28. The average molecular weight is 343 g/mol. The standard InChI is InChI=1S/C15H25N3O6/c1-8(2)12(16)14(22)18-7-3-4-10(18)13(21)17-9(15(23)24)5-6-11(19)20/h8-10,12H,3-7,16H2,1-2H3,(H,17,21)(H,19,20)(H,23,24). The van der Waals surface area contributed by atoms with Gasteiger partial charge in [0.15, 0.2) is 0 Å². The first-order valence-corrected chi connectivity index (χ1v) is 7.96. The van der Waals surface area contributed by atoms with Gasteiger partial charge in [0.1, 0.15) is 12.1 Å². The minimum absolute atomic E-state index is 0.0795. The number of aliphatic carboxylic acids is 2. The van der Waals surface area contributed by atoms with Gasteiger partial charge in [0, 0.05) is 13.0 Å². The maximum absolute atomic E-state index is 12.4. The molecule has 0 aromatic rings. The molecule has 0 bridgehead atoms. The molecule has 3 atom stereocenters. The number of nitrogens with one attached hydrogen (secondary N) is 1.